The summed E-state index contributed by atoms with van der Waals surface area (Å²) in [6.45, 7) is 3.13. The van der Waals surface area contributed by atoms with Crippen LogP contribution < -0.4 is 10.1 Å². The molecule has 1 saturated heterocycles. The Morgan fingerprint density at radius 2 is 2.27 bits per heavy atom. The smallest absolute Gasteiger partial charge is 0.143 e. The molecule has 0 amide bonds. The molecule has 2 aliphatic rings. The minimum absolute atomic E-state index is 0.379. The largest absolute Gasteiger partial charge is 0.486 e. The molecule has 0 atom stereocenters. The number of para-hydroxylation sites is 1. The lowest BCUT2D eigenvalue weighted by Crippen LogP contribution is -2.51. The molecular formula is C12H16N2O. The summed E-state index contributed by atoms with van der Waals surface area (Å²) in [5.41, 5.74) is 2.60. The van der Waals surface area contributed by atoms with E-state index in [9.17, 15) is 0 Å². The quantitative estimate of drug-likeness (QED) is 0.787. The first-order valence-electron chi connectivity index (χ1n) is 5.54. The Labute approximate surface area is 90.0 Å². The average molecular weight is 204 g/mol. The summed E-state index contributed by atoms with van der Waals surface area (Å²) in [5.74, 6) is 1.03. The van der Waals surface area contributed by atoms with E-state index in [1.54, 1.807) is 0 Å². The Morgan fingerprint density at radius 3 is 3.07 bits per heavy atom. The van der Waals surface area contributed by atoms with Gasteiger partial charge in [-0.2, -0.15) is 0 Å². The molecule has 1 N–H and O–H groups in total. The van der Waals surface area contributed by atoms with Gasteiger partial charge in [0.2, 0.25) is 0 Å². The molecule has 0 aliphatic carbocycles. The number of hydrogen-bond donors (Lipinski definition) is 1. The van der Waals surface area contributed by atoms with Gasteiger partial charge in [-0.05, 0) is 25.1 Å². The van der Waals surface area contributed by atoms with Gasteiger partial charge in [-0.25, -0.2) is 0 Å². The Bertz CT molecular complexity index is 372. The van der Waals surface area contributed by atoms with Crippen LogP contribution in [0.4, 0.5) is 5.69 Å². The van der Waals surface area contributed by atoms with Crippen LogP contribution in [0.15, 0.2) is 18.2 Å². The van der Waals surface area contributed by atoms with Crippen molar-refractivity contribution in [3.05, 3.63) is 23.8 Å². The summed E-state index contributed by atoms with van der Waals surface area (Å²) in [6.07, 6.45) is 1.50. The van der Waals surface area contributed by atoms with Gasteiger partial charge in [0.05, 0.1) is 5.69 Å². The van der Waals surface area contributed by atoms with E-state index in [1.165, 1.54) is 11.3 Å². The molecule has 0 unspecified atom stereocenters. The predicted octanol–water partition coefficient (Wildman–Crippen LogP) is 1.35. The fraction of sp³-hybridized carbons (Fsp3) is 0.500. The summed E-state index contributed by atoms with van der Waals surface area (Å²) < 4.78 is 5.96. The standard InChI is InChI=1S/C12H16N2O/c1-14-7-10(8-14)15-11-4-2-3-9-5-6-13-12(9)11/h2-4,10,13H,5-8H2,1H3. The number of rotatable bonds is 2. The van der Waals surface area contributed by atoms with Crippen molar-refractivity contribution in [3.63, 3.8) is 0 Å². The van der Waals surface area contributed by atoms with Gasteiger partial charge >= 0.3 is 0 Å². The van der Waals surface area contributed by atoms with Crippen LogP contribution in [0.2, 0.25) is 0 Å². The number of likely N-dealkylation sites (N-methyl/N-ethyl adjacent to an activating group) is 1. The number of nitrogens with zero attached hydrogens (tertiary/aromatic N) is 1. The van der Waals surface area contributed by atoms with Crippen molar-refractivity contribution in [2.24, 2.45) is 0 Å². The van der Waals surface area contributed by atoms with Gasteiger partial charge in [0, 0.05) is 19.6 Å². The monoisotopic (exact) mass is 204 g/mol. The minimum atomic E-state index is 0.379. The Kier molecular flexibility index (Phi) is 2.06. The van der Waals surface area contributed by atoms with E-state index in [4.69, 9.17) is 4.74 Å². The highest BCUT2D eigenvalue weighted by Gasteiger charge is 2.26. The van der Waals surface area contributed by atoms with Crippen LogP contribution in [0.25, 0.3) is 0 Å². The molecule has 0 saturated carbocycles. The van der Waals surface area contributed by atoms with Crippen molar-refractivity contribution in [2.45, 2.75) is 12.5 Å². The van der Waals surface area contributed by atoms with Crippen LogP contribution in [0.5, 0.6) is 5.75 Å². The zero-order valence-corrected chi connectivity index (χ0v) is 8.99. The molecule has 1 aromatic rings. The van der Waals surface area contributed by atoms with Crippen molar-refractivity contribution in [1.82, 2.24) is 4.90 Å². The lowest BCUT2D eigenvalue weighted by Gasteiger charge is -2.36. The first kappa shape index (κ1) is 9.04. The molecule has 2 aliphatic heterocycles. The SMILES string of the molecule is CN1CC(Oc2cccc3c2NCC3)C1. The summed E-state index contributed by atoms with van der Waals surface area (Å²) in [5, 5.41) is 3.39. The van der Waals surface area contributed by atoms with E-state index in [2.05, 4.69) is 35.5 Å². The van der Waals surface area contributed by atoms with Crippen LogP contribution in [0.1, 0.15) is 5.56 Å². The maximum atomic E-state index is 5.96. The topological polar surface area (TPSA) is 24.5 Å². The number of nitrogens with one attached hydrogen (secondary N) is 1. The third-order valence-corrected chi connectivity index (χ3v) is 3.13. The highest BCUT2D eigenvalue weighted by Crippen LogP contribution is 2.33. The molecule has 3 rings (SSSR count). The zero-order valence-electron chi connectivity index (χ0n) is 8.99. The van der Waals surface area contributed by atoms with Crippen molar-refractivity contribution in [1.29, 1.82) is 0 Å². The highest BCUT2D eigenvalue weighted by molar-refractivity contribution is 5.65. The third kappa shape index (κ3) is 1.57. The van der Waals surface area contributed by atoms with Gasteiger partial charge in [0.25, 0.3) is 0 Å². The average Bonchev–Trinajstić information content (AvgIpc) is 2.64. The summed E-state index contributed by atoms with van der Waals surface area (Å²) in [6, 6.07) is 6.33. The van der Waals surface area contributed by atoms with Gasteiger partial charge in [-0.15, -0.1) is 0 Å². The number of fused-ring (bicyclic) bond motifs is 1. The van der Waals surface area contributed by atoms with E-state index in [0.29, 0.717) is 6.10 Å². The van der Waals surface area contributed by atoms with Crippen LogP contribution in [-0.2, 0) is 6.42 Å². The van der Waals surface area contributed by atoms with Crippen molar-refractivity contribution in [2.75, 3.05) is 32.0 Å². The van der Waals surface area contributed by atoms with Crippen molar-refractivity contribution < 1.29 is 4.74 Å². The van der Waals surface area contributed by atoms with Gasteiger partial charge in [0.1, 0.15) is 11.9 Å². The second-order valence-electron chi connectivity index (χ2n) is 4.43. The normalized spacial score (nSPS) is 20.6. The lowest BCUT2D eigenvalue weighted by molar-refractivity contribution is 0.0393. The number of hydrogen-bond acceptors (Lipinski definition) is 3. The van der Waals surface area contributed by atoms with Crippen LogP contribution >= 0.6 is 0 Å². The van der Waals surface area contributed by atoms with Gasteiger partial charge < -0.3 is 10.1 Å². The van der Waals surface area contributed by atoms with Crippen molar-refractivity contribution >= 4 is 5.69 Å². The van der Waals surface area contributed by atoms with Crippen LogP contribution in [0.3, 0.4) is 0 Å². The molecule has 3 nitrogen and oxygen atoms in total. The minimum Gasteiger partial charge on any atom is -0.486 e. The van der Waals surface area contributed by atoms with E-state index >= 15 is 0 Å². The Hall–Kier alpha value is -1.22. The fourth-order valence-corrected chi connectivity index (χ4v) is 2.30. The highest BCUT2D eigenvalue weighted by atomic mass is 16.5. The lowest BCUT2D eigenvalue weighted by atomic mass is 10.1. The Balaban J connectivity index is 1.77. The second kappa shape index (κ2) is 3.42. The maximum absolute atomic E-state index is 5.96. The summed E-state index contributed by atoms with van der Waals surface area (Å²) in [7, 11) is 2.12. The van der Waals surface area contributed by atoms with E-state index in [1.807, 2.05) is 0 Å². The molecule has 3 heteroatoms. The van der Waals surface area contributed by atoms with Crippen LogP contribution in [-0.4, -0.2) is 37.7 Å². The second-order valence-corrected chi connectivity index (χ2v) is 4.43. The molecule has 1 aromatic carbocycles. The summed E-state index contributed by atoms with van der Waals surface area (Å²) >= 11 is 0. The Morgan fingerprint density at radius 1 is 1.40 bits per heavy atom. The van der Waals surface area contributed by atoms with Gasteiger partial charge in [-0.1, -0.05) is 12.1 Å². The molecule has 1 fully saturated rings. The predicted molar refractivity (Wildman–Crippen MR) is 60.5 cm³/mol. The summed E-state index contributed by atoms with van der Waals surface area (Å²) in [4.78, 5) is 2.27. The molecule has 0 aromatic heterocycles. The van der Waals surface area contributed by atoms with Crippen molar-refractivity contribution in [3.8, 4) is 5.75 Å². The van der Waals surface area contributed by atoms with Gasteiger partial charge in [-0.3, -0.25) is 4.90 Å². The molecule has 15 heavy (non-hydrogen) atoms. The fourth-order valence-electron chi connectivity index (χ4n) is 2.30. The maximum Gasteiger partial charge on any atom is 0.143 e. The molecule has 0 spiro atoms. The van der Waals surface area contributed by atoms with E-state index in [0.717, 1.165) is 31.8 Å². The number of ether oxygens (including phenoxy) is 1. The number of likely N-dealkylation sites (tertiary alicyclic amines) is 1. The zero-order chi connectivity index (χ0) is 10.3. The molecular weight excluding hydrogens is 188 g/mol. The number of anilines is 1. The molecule has 0 radical (unpaired) electrons. The third-order valence-electron chi connectivity index (χ3n) is 3.13. The molecule has 2 heterocycles. The number of benzene rings is 1. The first-order valence-corrected chi connectivity index (χ1v) is 5.54. The first-order chi connectivity index (χ1) is 7.33. The van der Waals surface area contributed by atoms with Crippen LogP contribution in [0, 0.1) is 0 Å². The van der Waals surface area contributed by atoms with E-state index < -0.39 is 0 Å². The van der Waals surface area contributed by atoms with E-state index in [-0.39, 0.29) is 0 Å². The van der Waals surface area contributed by atoms with Gasteiger partial charge in [0.15, 0.2) is 0 Å². The molecule has 80 valence electrons. The molecule has 0 bridgehead atoms.